The summed E-state index contributed by atoms with van der Waals surface area (Å²) in [6.45, 7) is 2.07. The lowest BCUT2D eigenvalue weighted by molar-refractivity contribution is -0.757. The van der Waals surface area contributed by atoms with Gasteiger partial charge in [0.2, 0.25) is 6.23 Å². The molecule has 0 saturated heterocycles. The molecule has 10 heteroatoms. The molecule has 128 valence electrons. The SMILES string of the molecule is CC(N=NCC(O)[n+]1ccn(O)c1)=NN=c1ccccn1CCO. The Bertz CT molecular complexity index is 778. The van der Waals surface area contributed by atoms with E-state index < -0.39 is 6.23 Å². The summed E-state index contributed by atoms with van der Waals surface area (Å²) in [5.41, 5.74) is 0.584. The Kier molecular flexibility index (Phi) is 6.34. The van der Waals surface area contributed by atoms with Crippen LogP contribution in [0, 0.1) is 0 Å². The Morgan fingerprint density at radius 2 is 2.17 bits per heavy atom. The molecule has 0 radical (unpaired) electrons. The van der Waals surface area contributed by atoms with Crippen LogP contribution < -0.4 is 10.1 Å². The van der Waals surface area contributed by atoms with E-state index in [0.29, 0.717) is 17.9 Å². The molecule has 0 aliphatic heterocycles. The third-order valence-electron chi connectivity index (χ3n) is 3.00. The third kappa shape index (κ3) is 5.11. The lowest BCUT2D eigenvalue weighted by atomic mass is 10.4. The first-order valence-corrected chi connectivity index (χ1v) is 7.28. The second kappa shape index (κ2) is 8.70. The number of hydrogen-bond acceptors (Lipinski definition) is 6. The van der Waals surface area contributed by atoms with Crippen molar-refractivity contribution in [3.63, 3.8) is 0 Å². The minimum atomic E-state index is -0.937. The van der Waals surface area contributed by atoms with E-state index in [-0.39, 0.29) is 13.2 Å². The largest absolute Gasteiger partial charge is 0.395 e. The summed E-state index contributed by atoms with van der Waals surface area (Å²) in [6.07, 6.45) is 5.06. The van der Waals surface area contributed by atoms with Crippen molar-refractivity contribution in [3.8, 4) is 0 Å². The number of rotatable bonds is 6. The van der Waals surface area contributed by atoms with Crippen LogP contribution in [0.4, 0.5) is 0 Å². The number of nitrogens with zero attached hydrogens (tertiary/aromatic N) is 7. The van der Waals surface area contributed by atoms with Crippen molar-refractivity contribution in [3.05, 3.63) is 48.6 Å². The van der Waals surface area contributed by atoms with Crippen molar-refractivity contribution >= 4 is 5.84 Å². The van der Waals surface area contributed by atoms with E-state index >= 15 is 0 Å². The molecule has 1 atom stereocenters. The fourth-order valence-electron chi connectivity index (χ4n) is 1.84. The molecule has 3 N–H and O–H groups in total. The average Bonchev–Trinajstić information content (AvgIpc) is 3.01. The summed E-state index contributed by atoms with van der Waals surface area (Å²) in [5, 5.41) is 43.7. The molecule has 0 fully saturated rings. The quantitative estimate of drug-likeness (QED) is 0.167. The molecule has 24 heavy (non-hydrogen) atoms. The summed E-state index contributed by atoms with van der Waals surface area (Å²) in [5.74, 6) is 0.325. The molecule has 0 amide bonds. The van der Waals surface area contributed by atoms with Crippen molar-refractivity contribution in [2.75, 3.05) is 13.2 Å². The van der Waals surface area contributed by atoms with Crippen LogP contribution in [-0.4, -0.2) is 43.7 Å². The zero-order valence-electron chi connectivity index (χ0n) is 13.2. The van der Waals surface area contributed by atoms with E-state index in [1.165, 1.54) is 23.3 Å². The van der Waals surface area contributed by atoms with Crippen molar-refractivity contribution < 1.29 is 20.0 Å². The number of pyridine rings is 1. The van der Waals surface area contributed by atoms with Crippen molar-refractivity contribution in [2.45, 2.75) is 19.7 Å². The van der Waals surface area contributed by atoms with Gasteiger partial charge >= 0.3 is 0 Å². The topological polar surface area (TPSA) is 124 Å². The van der Waals surface area contributed by atoms with E-state index in [1.54, 1.807) is 23.8 Å². The predicted molar refractivity (Wildman–Crippen MR) is 83.0 cm³/mol. The first kappa shape index (κ1) is 17.5. The first-order chi connectivity index (χ1) is 11.6. The fourth-order valence-corrected chi connectivity index (χ4v) is 1.84. The molecule has 0 aliphatic rings. The molecule has 2 aromatic rings. The minimum Gasteiger partial charge on any atom is -0.395 e. The Morgan fingerprint density at radius 3 is 2.88 bits per heavy atom. The van der Waals surface area contributed by atoms with Crippen molar-refractivity contribution in [2.24, 2.45) is 20.4 Å². The highest BCUT2D eigenvalue weighted by atomic mass is 16.5. The molecular weight excluding hydrogens is 314 g/mol. The molecular formula is C14H20N7O3+. The highest BCUT2D eigenvalue weighted by Crippen LogP contribution is 1.93. The van der Waals surface area contributed by atoms with Gasteiger partial charge in [0, 0.05) is 12.7 Å². The standard InChI is InChI=1S/C14H20N7O3/c1-12(16-15-10-14(23)20-6-7-21(24)11-20)17-18-13-4-2-3-5-19(13)8-9-22/h2-7,11,14,22-24H,8-10H2,1H3/q+1. The summed E-state index contributed by atoms with van der Waals surface area (Å²) in [4.78, 5) is 0. The molecule has 0 bridgehead atoms. The van der Waals surface area contributed by atoms with Crippen LogP contribution in [0.1, 0.15) is 13.2 Å². The van der Waals surface area contributed by atoms with Crippen LogP contribution in [-0.2, 0) is 6.54 Å². The third-order valence-corrected chi connectivity index (χ3v) is 3.00. The van der Waals surface area contributed by atoms with Crippen LogP contribution >= 0.6 is 0 Å². The number of hydrogen-bond donors (Lipinski definition) is 3. The highest BCUT2D eigenvalue weighted by molar-refractivity contribution is 5.79. The minimum absolute atomic E-state index is 0.00469. The summed E-state index contributed by atoms with van der Waals surface area (Å²) in [7, 11) is 0. The van der Waals surface area contributed by atoms with E-state index in [4.69, 9.17) is 10.3 Å². The van der Waals surface area contributed by atoms with Gasteiger partial charge < -0.3 is 20.0 Å². The molecule has 10 nitrogen and oxygen atoms in total. The van der Waals surface area contributed by atoms with Gasteiger partial charge in [0.05, 0.1) is 6.61 Å². The van der Waals surface area contributed by atoms with Crippen molar-refractivity contribution in [1.82, 2.24) is 9.30 Å². The molecule has 0 saturated carbocycles. The molecule has 2 heterocycles. The van der Waals surface area contributed by atoms with Crippen LogP contribution in [0.2, 0.25) is 0 Å². The number of aliphatic hydroxyl groups is 2. The van der Waals surface area contributed by atoms with Gasteiger partial charge in [-0.1, -0.05) is 10.8 Å². The maximum Gasteiger partial charge on any atom is 0.286 e. The number of azo groups is 1. The van der Waals surface area contributed by atoms with Gasteiger partial charge in [0.15, 0.2) is 17.5 Å². The Morgan fingerprint density at radius 1 is 1.33 bits per heavy atom. The van der Waals surface area contributed by atoms with E-state index in [1.807, 2.05) is 12.1 Å². The Balaban J connectivity index is 2.00. The normalized spacial score (nSPS) is 14.5. The molecule has 0 aromatic carbocycles. The number of amidine groups is 1. The second-order valence-electron chi connectivity index (χ2n) is 4.87. The van der Waals surface area contributed by atoms with E-state index in [2.05, 4.69) is 20.4 Å². The van der Waals surface area contributed by atoms with Gasteiger partial charge in [-0.05, 0) is 19.1 Å². The lowest BCUT2D eigenvalue weighted by Crippen LogP contribution is -2.39. The second-order valence-corrected chi connectivity index (χ2v) is 4.87. The van der Waals surface area contributed by atoms with Crippen molar-refractivity contribution in [1.29, 1.82) is 0 Å². The predicted octanol–water partition coefficient (Wildman–Crippen LogP) is -0.316. The fraction of sp³-hybridized carbons (Fsp3) is 0.357. The summed E-state index contributed by atoms with van der Waals surface area (Å²) in [6, 6.07) is 5.42. The van der Waals surface area contributed by atoms with Gasteiger partial charge in [-0.3, -0.25) is 0 Å². The Hall–Kier alpha value is -2.85. The lowest BCUT2D eigenvalue weighted by Gasteiger charge is -2.02. The molecule has 2 aromatic heterocycles. The van der Waals surface area contributed by atoms with Crippen LogP contribution in [0.5, 0.6) is 0 Å². The van der Waals surface area contributed by atoms with Gasteiger partial charge in [0.1, 0.15) is 12.7 Å². The summed E-state index contributed by atoms with van der Waals surface area (Å²) >= 11 is 0. The maximum absolute atomic E-state index is 9.84. The highest BCUT2D eigenvalue weighted by Gasteiger charge is 2.12. The molecule has 0 spiro atoms. The maximum atomic E-state index is 9.84. The van der Waals surface area contributed by atoms with Gasteiger partial charge in [-0.25, -0.2) is 4.57 Å². The van der Waals surface area contributed by atoms with Gasteiger partial charge in [0.25, 0.3) is 6.33 Å². The van der Waals surface area contributed by atoms with Crippen LogP contribution in [0.15, 0.2) is 63.5 Å². The van der Waals surface area contributed by atoms with E-state index in [9.17, 15) is 5.11 Å². The van der Waals surface area contributed by atoms with E-state index in [0.717, 1.165) is 4.73 Å². The average molecular weight is 334 g/mol. The smallest absolute Gasteiger partial charge is 0.286 e. The first-order valence-electron chi connectivity index (χ1n) is 7.28. The number of aliphatic hydroxyl groups excluding tert-OH is 2. The Labute approximate surface area is 138 Å². The zero-order chi connectivity index (χ0) is 17.4. The van der Waals surface area contributed by atoms with Crippen LogP contribution in [0.25, 0.3) is 0 Å². The molecule has 1 unspecified atom stereocenters. The zero-order valence-corrected chi connectivity index (χ0v) is 13.2. The van der Waals surface area contributed by atoms with Gasteiger partial charge in [-0.15, -0.1) is 15.3 Å². The summed E-state index contributed by atoms with van der Waals surface area (Å²) < 4.78 is 3.97. The molecule has 0 aliphatic carbocycles. The number of imidazole rings is 1. The van der Waals surface area contributed by atoms with Gasteiger partial charge in [-0.2, -0.15) is 5.11 Å². The monoisotopic (exact) mass is 334 g/mol. The molecule has 2 rings (SSSR count). The number of aromatic nitrogens is 3. The van der Waals surface area contributed by atoms with Crippen LogP contribution in [0.3, 0.4) is 0 Å².